The largest absolute Gasteiger partial charge is 0.368 e. The molecule has 0 aromatic rings. The average molecular weight is 324 g/mol. The van der Waals surface area contributed by atoms with E-state index in [4.69, 9.17) is 5.73 Å². The Hall–Kier alpha value is -0.330. The lowest BCUT2D eigenvalue weighted by Gasteiger charge is -2.25. The van der Waals surface area contributed by atoms with E-state index in [1.165, 1.54) is 0 Å². The van der Waals surface area contributed by atoms with E-state index in [-0.39, 0.29) is 11.8 Å². The second-order valence-electron chi connectivity index (χ2n) is 3.98. The number of nitrogens with zero attached hydrogens (tertiary/aromatic N) is 1. The number of likely N-dealkylation sites (tertiary alicyclic amines) is 1. The van der Waals surface area contributed by atoms with Gasteiger partial charge in [-0.3, -0.25) is 9.59 Å². The van der Waals surface area contributed by atoms with Crippen molar-refractivity contribution in [3.63, 3.8) is 0 Å². The van der Waals surface area contributed by atoms with Crippen molar-refractivity contribution >= 4 is 34.4 Å². The molecule has 0 spiro atoms. The fourth-order valence-electron chi connectivity index (χ4n) is 1.94. The van der Waals surface area contributed by atoms with Crippen molar-refractivity contribution in [1.29, 1.82) is 0 Å². The van der Waals surface area contributed by atoms with Crippen LogP contribution in [0.5, 0.6) is 0 Å². The molecule has 0 aromatic heterocycles. The van der Waals surface area contributed by atoms with Gasteiger partial charge in [0.1, 0.15) is 6.04 Å². The summed E-state index contributed by atoms with van der Waals surface area (Å²) in [5.74, 6) is 0.0880. The van der Waals surface area contributed by atoms with Crippen molar-refractivity contribution < 1.29 is 9.59 Å². The Kier molecular flexibility index (Phi) is 4.82. The first kappa shape index (κ1) is 12.7. The highest BCUT2D eigenvalue weighted by Crippen LogP contribution is 2.23. The fraction of sp³-hybridized carbons (Fsp3) is 0.800. The van der Waals surface area contributed by atoms with E-state index in [1.807, 2.05) is 6.92 Å². The molecule has 2 atom stereocenters. The van der Waals surface area contributed by atoms with Gasteiger partial charge in [0.05, 0.1) is 0 Å². The molecular formula is C10H17IN2O2. The summed E-state index contributed by atoms with van der Waals surface area (Å²) in [6.07, 6.45) is 2.11. The molecule has 2 amide bonds. The summed E-state index contributed by atoms with van der Waals surface area (Å²) < 4.78 is 0.956. The van der Waals surface area contributed by atoms with Crippen LogP contribution in [0.2, 0.25) is 0 Å². The summed E-state index contributed by atoms with van der Waals surface area (Å²) in [5.41, 5.74) is 5.32. The molecule has 15 heavy (non-hydrogen) atoms. The molecule has 0 aromatic carbocycles. The standard InChI is InChI=1S/C10H17IN2O2/c1-2-3-8(10(12)15)13-6-7(5-11)4-9(13)14/h7-8H,2-6H2,1H3,(H2,12,15)/t7-,8+/m1/s1. The molecule has 1 aliphatic rings. The lowest BCUT2D eigenvalue weighted by Crippen LogP contribution is -2.45. The smallest absolute Gasteiger partial charge is 0.240 e. The van der Waals surface area contributed by atoms with Crippen molar-refractivity contribution in [1.82, 2.24) is 4.90 Å². The van der Waals surface area contributed by atoms with Crippen molar-refractivity contribution in [2.24, 2.45) is 11.7 Å². The minimum absolute atomic E-state index is 0.0777. The molecule has 0 radical (unpaired) electrons. The maximum absolute atomic E-state index is 11.7. The molecule has 0 unspecified atom stereocenters. The zero-order valence-electron chi connectivity index (χ0n) is 8.91. The number of hydrogen-bond acceptors (Lipinski definition) is 2. The van der Waals surface area contributed by atoms with E-state index in [0.717, 1.165) is 10.8 Å². The summed E-state index contributed by atoms with van der Waals surface area (Å²) in [4.78, 5) is 24.6. The highest BCUT2D eigenvalue weighted by atomic mass is 127. The van der Waals surface area contributed by atoms with Gasteiger partial charge in [0.15, 0.2) is 0 Å². The minimum Gasteiger partial charge on any atom is -0.368 e. The van der Waals surface area contributed by atoms with E-state index in [0.29, 0.717) is 25.3 Å². The van der Waals surface area contributed by atoms with Gasteiger partial charge in [-0.05, 0) is 12.3 Å². The van der Waals surface area contributed by atoms with Crippen LogP contribution in [0.25, 0.3) is 0 Å². The van der Waals surface area contributed by atoms with E-state index in [1.54, 1.807) is 4.90 Å². The minimum atomic E-state index is -0.393. The Morgan fingerprint density at radius 1 is 1.73 bits per heavy atom. The topological polar surface area (TPSA) is 63.4 Å². The predicted octanol–water partition coefficient (Wildman–Crippen LogP) is 0.924. The average Bonchev–Trinajstić information content (AvgIpc) is 2.55. The molecule has 0 saturated carbocycles. The first-order valence-electron chi connectivity index (χ1n) is 5.24. The summed E-state index contributed by atoms with van der Waals surface area (Å²) >= 11 is 2.28. The monoisotopic (exact) mass is 324 g/mol. The van der Waals surface area contributed by atoms with Gasteiger partial charge in [-0.1, -0.05) is 35.9 Å². The molecule has 1 aliphatic heterocycles. The Balaban J connectivity index is 2.68. The van der Waals surface area contributed by atoms with E-state index < -0.39 is 6.04 Å². The molecule has 1 rings (SSSR count). The van der Waals surface area contributed by atoms with Gasteiger partial charge in [0.25, 0.3) is 0 Å². The van der Waals surface area contributed by atoms with Crippen LogP contribution in [-0.4, -0.2) is 33.7 Å². The Morgan fingerprint density at radius 2 is 2.40 bits per heavy atom. The second kappa shape index (κ2) is 5.67. The van der Waals surface area contributed by atoms with Crippen LogP contribution in [0, 0.1) is 5.92 Å². The van der Waals surface area contributed by atoms with Crippen LogP contribution in [0.4, 0.5) is 0 Å². The second-order valence-corrected chi connectivity index (χ2v) is 4.86. The molecule has 2 N–H and O–H groups in total. The third kappa shape index (κ3) is 3.06. The molecule has 5 heteroatoms. The van der Waals surface area contributed by atoms with Gasteiger partial charge in [-0.25, -0.2) is 0 Å². The summed E-state index contributed by atoms with van der Waals surface area (Å²) in [6.45, 7) is 2.68. The van der Waals surface area contributed by atoms with E-state index >= 15 is 0 Å². The zero-order chi connectivity index (χ0) is 11.4. The number of rotatable bonds is 5. The number of hydrogen-bond donors (Lipinski definition) is 1. The Labute approximate surface area is 104 Å². The van der Waals surface area contributed by atoms with Gasteiger partial charge >= 0.3 is 0 Å². The molecular weight excluding hydrogens is 307 g/mol. The molecule has 4 nitrogen and oxygen atoms in total. The summed E-state index contributed by atoms with van der Waals surface area (Å²) in [6, 6.07) is -0.393. The van der Waals surface area contributed by atoms with Crippen LogP contribution < -0.4 is 5.73 Å². The first-order chi connectivity index (χ1) is 7.10. The van der Waals surface area contributed by atoms with Crippen molar-refractivity contribution in [2.45, 2.75) is 32.2 Å². The number of nitrogens with two attached hydrogens (primary N) is 1. The predicted molar refractivity (Wildman–Crippen MR) is 66.6 cm³/mol. The van der Waals surface area contributed by atoms with Crippen LogP contribution in [0.3, 0.4) is 0 Å². The molecule has 0 aliphatic carbocycles. The maximum Gasteiger partial charge on any atom is 0.240 e. The number of carbonyl (C=O) groups excluding carboxylic acids is 2. The third-order valence-corrected chi connectivity index (χ3v) is 3.97. The number of carbonyl (C=O) groups is 2. The lowest BCUT2D eigenvalue weighted by molar-refractivity contribution is -0.136. The number of primary amides is 1. The Morgan fingerprint density at radius 3 is 2.80 bits per heavy atom. The third-order valence-electron chi connectivity index (χ3n) is 2.72. The summed E-state index contributed by atoms with van der Waals surface area (Å²) in [5, 5.41) is 0. The maximum atomic E-state index is 11.7. The number of alkyl halides is 1. The van der Waals surface area contributed by atoms with Crippen molar-refractivity contribution in [3.8, 4) is 0 Å². The quantitative estimate of drug-likeness (QED) is 0.604. The lowest BCUT2D eigenvalue weighted by atomic mass is 10.1. The van der Waals surface area contributed by atoms with Crippen LogP contribution >= 0.6 is 22.6 Å². The summed E-state index contributed by atoms with van der Waals surface area (Å²) in [7, 11) is 0. The normalized spacial score (nSPS) is 23.2. The van der Waals surface area contributed by atoms with Crippen molar-refractivity contribution in [3.05, 3.63) is 0 Å². The zero-order valence-corrected chi connectivity index (χ0v) is 11.1. The van der Waals surface area contributed by atoms with Gasteiger partial charge in [0.2, 0.25) is 11.8 Å². The highest BCUT2D eigenvalue weighted by molar-refractivity contribution is 14.1. The number of halogens is 1. The van der Waals surface area contributed by atoms with Crippen LogP contribution in [-0.2, 0) is 9.59 Å². The van der Waals surface area contributed by atoms with Gasteiger partial charge in [-0.15, -0.1) is 0 Å². The number of amides is 2. The van der Waals surface area contributed by atoms with Gasteiger partial charge < -0.3 is 10.6 Å². The molecule has 86 valence electrons. The van der Waals surface area contributed by atoms with Crippen molar-refractivity contribution in [2.75, 3.05) is 11.0 Å². The van der Waals surface area contributed by atoms with Gasteiger partial charge in [-0.2, -0.15) is 0 Å². The fourth-order valence-corrected chi connectivity index (χ4v) is 2.53. The highest BCUT2D eigenvalue weighted by Gasteiger charge is 2.35. The molecule has 1 fully saturated rings. The van der Waals surface area contributed by atoms with Crippen LogP contribution in [0.1, 0.15) is 26.2 Å². The van der Waals surface area contributed by atoms with Crippen LogP contribution in [0.15, 0.2) is 0 Å². The van der Waals surface area contributed by atoms with E-state index in [9.17, 15) is 9.59 Å². The molecule has 1 heterocycles. The van der Waals surface area contributed by atoms with Gasteiger partial charge in [0, 0.05) is 17.4 Å². The SMILES string of the molecule is CCC[C@@H](C(N)=O)N1C[C@@H](CI)CC1=O. The Bertz CT molecular complexity index is 258. The molecule has 0 bridgehead atoms. The van der Waals surface area contributed by atoms with E-state index in [2.05, 4.69) is 22.6 Å². The molecule has 1 saturated heterocycles. The first-order valence-corrected chi connectivity index (χ1v) is 6.77.